The van der Waals surface area contributed by atoms with Crippen LogP contribution in [0.25, 0.3) is 5.69 Å². The summed E-state index contributed by atoms with van der Waals surface area (Å²) in [4.78, 5) is 4.13. The van der Waals surface area contributed by atoms with E-state index in [9.17, 15) is 5.11 Å². The van der Waals surface area contributed by atoms with E-state index in [2.05, 4.69) is 15.1 Å². The average Bonchev–Trinajstić information content (AvgIpc) is 3.12. The highest BCUT2D eigenvalue weighted by molar-refractivity contribution is 5.29. The molecule has 2 heterocycles. The molecule has 0 amide bonds. The van der Waals surface area contributed by atoms with Gasteiger partial charge in [0.05, 0.1) is 17.6 Å². The number of piperidine rings is 1. The van der Waals surface area contributed by atoms with Crippen molar-refractivity contribution >= 4 is 0 Å². The van der Waals surface area contributed by atoms with E-state index < -0.39 is 0 Å². The van der Waals surface area contributed by atoms with Crippen LogP contribution in [0.4, 0.5) is 0 Å². The first-order valence-corrected chi connectivity index (χ1v) is 8.76. The summed E-state index contributed by atoms with van der Waals surface area (Å²) in [5.41, 5.74) is 3.32. The van der Waals surface area contributed by atoms with Gasteiger partial charge in [-0.2, -0.15) is 15.0 Å². The van der Waals surface area contributed by atoms with Crippen LogP contribution in [-0.4, -0.2) is 38.1 Å². The van der Waals surface area contributed by atoms with Crippen molar-refractivity contribution in [1.82, 2.24) is 19.9 Å². The lowest BCUT2D eigenvalue weighted by atomic mass is 9.89. The fraction of sp³-hybridized carbons (Fsp3) is 0.300. The van der Waals surface area contributed by atoms with Gasteiger partial charge in [0.1, 0.15) is 5.75 Å². The molecule has 0 unspecified atom stereocenters. The Morgan fingerprint density at radius 2 is 1.68 bits per heavy atom. The summed E-state index contributed by atoms with van der Waals surface area (Å²) < 4.78 is 0. The molecule has 0 saturated carbocycles. The van der Waals surface area contributed by atoms with E-state index in [4.69, 9.17) is 0 Å². The number of benzene rings is 2. The second-order valence-electron chi connectivity index (χ2n) is 6.60. The lowest BCUT2D eigenvalue weighted by Crippen LogP contribution is -2.32. The molecule has 0 aliphatic carbocycles. The van der Waals surface area contributed by atoms with Crippen LogP contribution in [0.2, 0.25) is 0 Å². The Bertz CT molecular complexity index is 805. The normalized spacial score (nSPS) is 16.2. The van der Waals surface area contributed by atoms with Crippen molar-refractivity contribution in [3.05, 3.63) is 72.1 Å². The molecule has 0 atom stereocenters. The number of aromatic nitrogens is 3. The minimum atomic E-state index is 0.336. The first-order chi connectivity index (χ1) is 12.3. The van der Waals surface area contributed by atoms with Gasteiger partial charge in [-0.1, -0.05) is 30.3 Å². The highest BCUT2D eigenvalue weighted by atomic mass is 16.3. The molecule has 5 heteroatoms. The van der Waals surface area contributed by atoms with Crippen molar-refractivity contribution in [2.45, 2.75) is 25.3 Å². The van der Waals surface area contributed by atoms with Gasteiger partial charge in [0, 0.05) is 6.54 Å². The van der Waals surface area contributed by atoms with E-state index in [1.807, 2.05) is 48.7 Å². The van der Waals surface area contributed by atoms with Crippen LogP contribution < -0.4 is 0 Å². The molecule has 0 spiro atoms. The maximum Gasteiger partial charge on any atom is 0.115 e. The quantitative estimate of drug-likeness (QED) is 0.795. The van der Waals surface area contributed by atoms with Gasteiger partial charge in [-0.15, -0.1) is 0 Å². The number of phenolic OH excluding ortho intramolecular Hbond substituents is 1. The maximum atomic E-state index is 9.42. The summed E-state index contributed by atoms with van der Waals surface area (Å²) in [6.07, 6.45) is 4.13. The average molecular weight is 334 g/mol. The third-order valence-corrected chi connectivity index (χ3v) is 4.86. The number of aromatic hydroxyl groups is 1. The second-order valence-corrected chi connectivity index (χ2v) is 6.60. The van der Waals surface area contributed by atoms with E-state index in [-0.39, 0.29) is 0 Å². The van der Waals surface area contributed by atoms with Crippen LogP contribution in [0.3, 0.4) is 0 Å². The van der Waals surface area contributed by atoms with Crippen molar-refractivity contribution < 1.29 is 5.11 Å². The molecule has 0 radical (unpaired) electrons. The largest absolute Gasteiger partial charge is 0.508 e. The van der Waals surface area contributed by atoms with E-state index in [0.29, 0.717) is 11.7 Å². The molecule has 1 fully saturated rings. The zero-order chi connectivity index (χ0) is 17.1. The molecule has 5 nitrogen and oxygen atoms in total. The second kappa shape index (κ2) is 7.07. The van der Waals surface area contributed by atoms with Crippen molar-refractivity contribution in [2.75, 3.05) is 13.1 Å². The number of rotatable bonds is 4. The molecule has 2 aromatic carbocycles. The minimum absolute atomic E-state index is 0.336. The maximum absolute atomic E-state index is 9.42. The van der Waals surface area contributed by atoms with Crippen LogP contribution in [0.15, 0.2) is 60.8 Å². The Kier molecular flexibility index (Phi) is 4.48. The van der Waals surface area contributed by atoms with Gasteiger partial charge in [0.2, 0.25) is 0 Å². The summed E-state index contributed by atoms with van der Waals surface area (Å²) in [5, 5.41) is 18.4. The van der Waals surface area contributed by atoms with Gasteiger partial charge in [-0.05, 0) is 61.7 Å². The smallest absolute Gasteiger partial charge is 0.115 e. The Balaban J connectivity index is 1.34. The highest BCUT2D eigenvalue weighted by Crippen LogP contribution is 2.29. The predicted molar refractivity (Wildman–Crippen MR) is 96.7 cm³/mol. The third kappa shape index (κ3) is 3.72. The van der Waals surface area contributed by atoms with Crippen LogP contribution in [-0.2, 0) is 6.54 Å². The lowest BCUT2D eigenvalue weighted by Gasteiger charge is -2.31. The molecule has 1 N–H and O–H groups in total. The Morgan fingerprint density at radius 1 is 0.960 bits per heavy atom. The van der Waals surface area contributed by atoms with Crippen molar-refractivity contribution in [1.29, 1.82) is 0 Å². The minimum Gasteiger partial charge on any atom is -0.508 e. The predicted octanol–water partition coefficient (Wildman–Crippen LogP) is 3.35. The monoisotopic (exact) mass is 334 g/mol. The molecule has 1 aliphatic rings. The first-order valence-electron chi connectivity index (χ1n) is 8.76. The summed E-state index contributed by atoms with van der Waals surface area (Å²) >= 11 is 0. The van der Waals surface area contributed by atoms with Gasteiger partial charge >= 0.3 is 0 Å². The van der Waals surface area contributed by atoms with Crippen LogP contribution >= 0.6 is 0 Å². The third-order valence-electron chi connectivity index (χ3n) is 4.86. The van der Waals surface area contributed by atoms with Crippen molar-refractivity contribution in [2.24, 2.45) is 0 Å². The van der Waals surface area contributed by atoms with E-state index >= 15 is 0 Å². The van der Waals surface area contributed by atoms with Crippen LogP contribution in [0.1, 0.15) is 30.0 Å². The number of hydrogen-bond acceptors (Lipinski definition) is 4. The number of nitrogens with zero attached hydrogens (tertiary/aromatic N) is 4. The number of phenols is 1. The van der Waals surface area contributed by atoms with Crippen LogP contribution in [0.5, 0.6) is 5.75 Å². The van der Waals surface area contributed by atoms with E-state index in [1.165, 1.54) is 5.56 Å². The van der Waals surface area contributed by atoms with Gasteiger partial charge in [-0.3, -0.25) is 4.90 Å². The summed E-state index contributed by atoms with van der Waals surface area (Å²) in [6.45, 7) is 2.96. The SMILES string of the molecule is Oc1ccc(C2CCN(Cc3cnn(-c4ccccc4)n3)CC2)cc1. The molecule has 3 aromatic rings. The van der Waals surface area contributed by atoms with Gasteiger partial charge < -0.3 is 5.11 Å². The van der Waals surface area contributed by atoms with Crippen LogP contribution in [0, 0.1) is 0 Å². The van der Waals surface area contributed by atoms with E-state index in [1.54, 1.807) is 16.9 Å². The Labute approximate surface area is 147 Å². The molecule has 128 valence electrons. The molecule has 4 rings (SSSR count). The number of para-hydroxylation sites is 1. The Morgan fingerprint density at radius 3 is 2.40 bits per heavy atom. The zero-order valence-corrected chi connectivity index (χ0v) is 14.1. The highest BCUT2D eigenvalue weighted by Gasteiger charge is 2.21. The molecular weight excluding hydrogens is 312 g/mol. The fourth-order valence-corrected chi connectivity index (χ4v) is 3.45. The first kappa shape index (κ1) is 15.8. The number of hydrogen-bond donors (Lipinski definition) is 1. The standard InChI is InChI=1S/C20H22N4O/c25-20-8-6-16(7-9-20)17-10-12-23(13-11-17)15-18-14-21-24(22-18)19-4-2-1-3-5-19/h1-9,14,17,25H,10-13,15H2. The van der Waals surface area contributed by atoms with Gasteiger partial charge in [0.15, 0.2) is 0 Å². The Hall–Kier alpha value is -2.66. The molecular formula is C20H22N4O. The molecule has 1 saturated heterocycles. The summed E-state index contributed by atoms with van der Waals surface area (Å²) in [5.74, 6) is 0.916. The van der Waals surface area contributed by atoms with Gasteiger partial charge in [0.25, 0.3) is 0 Å². The summed E-state index contributed by atoms with van der Waals surface area (Å²) in [6, 6.07) is 17.6. The molecule has 25 heavy (non-hydrogen) atoms. The van der Waals surface area contributed by atoms with Crippen molar-refractivity contribution in [3.8, 4) is 11.4 Å². The lowest BCUT2D eigenvalue weighted by molar-refractivity contribution is 0.202. The molecule has 0 bridgehead atoms. The van der Waals surface area contributed by atoms with Gasteiger partial charge in [-0.25, -0.2) is 0 Å². The fourth-order valence-electron chi connectivity index (χ4n) is 3.45. The van der Waals surface area contributed by atoms with Crippen molar-refractivity contribution in [3.63, 3.8) is 0 Å². The topological polar surface area (TPSA) is 54.2 Å². The zero-order valence-electron chi connectivity index (χ0n) is 14.1. The molecule has 1 aromatic heterocycles. The number of likely N-dealkylation sites (tertiary alicyclic amines) is 1. The summed E-state index contributed by atoms with van der Waals surface area (Å²) in [7, 11) is 0. The molecule has 1 aliphatic heterocycles. The van der Waals surface area contributed by atoms with E-state index in [0.717, 1.165) is 43.9 Å².